The summed E-state index contributed by atoms with van der Waals surface area (Å²) in [6, 6.07) is 7.52. The number of rotatable bonds is 5. The summed E-state index contributed by atoms with van der Waals surface area (Å²) < 4.78 is 7.96. The van der Waals surface area contributed by atoms with Gasteiger partial charge < -0.3 is 24.2 Å². The first-order valence-corrected chi connectivity index (χ1v) is 10.8. The number of phenols is 1. The molecule has 2 aliphatic heterocycles. The number of carbonyl (C=O) groups excluding carboxylic acids is 1. The van der Waals surface area contributed by atoms with Crippen LogP contribution in [0.2, 0.25) is 0 Å². The summed E-state index contributed by atoms with van der Waals surface area (Å²) in [7, 11) is 3.71. The Hall–Kier alpha value is -2.51. The van der Waals surface area contributed by atoms with Gasteiger partial charge in [-0.3, -0.25) is 9.69 Å². The maximum absolute atomic E-state index is 13.2. The molecule has 0 bridgehead atoms. The van der Waals surface area contributed by atoms with E-state index in [1.807, 2.05) is 41.0 Å². The number of hydrogen-bond donors (Lipinski definition) is 1. The van der Waals surface area contributed by atoms with Gasteiger partial charge >= 0.3 is 0 Å². The predicted molar refractivity (Wildman–Crippen MR) is 117 cm³/mol. The van der Waals surface area contributed by atoms with Crippen LogP contribution in [-0.4, -0.2) is 77.8 Å². The van der Waals surface area contributed by atoms with Gasteiger partial charge in [-0.2, -0.15) is 0 Å². The Kier molecular flexibility index (Phi) is 6.01. The van der Waals surface area contributed by atoms with Crippen LogP contribution in [0.4, 0.5) is 5.69 Å². The van der Waals surface area contributed by atoms with E-state index in [1.54, 1.807) is 19.2 Å². The highest BCUT2D eigenvalue weighted by molar-refractivity contribution is 5.96. The molecule has 1 aromatic heterocycles. The SMILES string of the molecule is CCCN1CC(N2CCN(c3ccc(O)cc3)CC2)C(OC)c2cn(C)cc2C1=O. The van der Waals surface area contributed by atoms with Crippen LogP contribution in [0.1, 0.15) is 35.4 Å². The molecule has 1 amide bonds. The number of aryl methyl sites for hydroxylation is 1. The van der Waals surface area contributed by atoms with Crippen molar-refractivity contribution in [3.05, 3.63) is 47.8 Å². The Morgan fingerprint density at radius 2 is 1.80 bits per heavy atom. The number of fused-ring (bicyclic) bond motifs is 1. The number of phenolic OH excluding ortho intramolecular Hbond substituents is 1. The fourth-order valence-electron chi connectivity index (χ4n) is 4.82. The molecule has 0 saturated carbocycles. The molecule has 2 unspecified atom stereocenters. The number of nitrogens with zero attached hydrogens (tertiary/aromatic N) is 4. The number of carbonyl (C=O) groups is 1. The molecule has 4 rings (SSSR count). The highest BCUT2D eigenvalue weighted by Crippen LogP contribution is 2.33. The summed E-state index contributed by atoms with van der Waals surface area (Å²) in [4.78, 5) is 20.0. The van der Waals surface area contributed by atoms with Crippen LogP contribution in [0.25, 0.3) is 0 Å². The first-order valence-electron chi connectivity index (χ1n) is 10.8. The largest absolute Gasteiger partial charge is 0.508 e. The van der Waals surface area contributed by atoms with Gasteiger partial charge in [0, 0.05) is 77.1 Å². The van der Waals surface area contributed by atoms with Gasteiger partial charge in [-0.1, -0.05) is 6.92 Å². The molecular weight excluding hydrogens is 380 g/mol. The van der Waals surface area contributed by atoms with Crippen molar-refractivity contribution in [1.82, 2.24) is 14.4 Å². The van der Waals surface area contributed by atoms with E-state index in [0.29, 0.717) is 6.54 Å². The Labute approximate surface area is 178 Å². The molecule has 2 aromatic rings. The zero-order valence-electron chi connectivity index (χ0n) is 18.1. The van der Waals surface area contributed by atoms with Gasteiger partial charge in [-0.15, -0.1) is 0 Å². The molecule has 0 radical (unpaired) electrons. The second-order valence-corrected chi connectivity index (χ2v) is 8.31. The molecule has 1 fully saturated rings. The summed E-state index contributed by atoms with van der Waals surface area (Å²) in [5.41, 5.74) is 2.89. The minimum atomic E-state index is -0.132. The average molecular weight is 413 g/mol. The van der Waals surface area contributed by atoms with Gasteiger partial charge in [0.15, 0.2) is 0 Å². The highest BCUT2D eigenvalue weighted by Gasteiger charge is 2.39. The van der Waals surface area contributed by atoms with Crippen molar-refractivity contribution in [2.75, 3.05) is 51.3 Å². The lowest BCUT2D eigenvalue weighted by atomic mass is 10.0. The van der Waals surface area contributed by atoms with Gasteiger partial charge in [-0.05, 0) is 30.7 Å². The van der Waals surface area contributed by atoms with Crippen molar-refractivity contribution in [2.45, 2.75) is 25.5 Å². The van der Waals surface area contributed by atoms with Crippen molar-refractivity contribution < 1.29 is 14.6 Å². The quantitative estimate of drug-likeness (QED) is 0.818. The van der Waals surface area contributed by atoms with E-state index in [1.165, 1.54) is 0 Å². The van der Waals surface area contributed by atoms with Crippen LogP contribution < -0.4 is 4.90 Å². The number of benzene rings is 1. The lowest BCUT2D eigenvalue weighted by Gasteiger charge is -2.43. The van der Waals surface area contributed by atoms with E-state index >= 15 is 0 Å². The van der Waals surface area contributed by atoms with Crippen molar-refractivity contribution in [3.8, 4) is 5.75 Å². The van der Waals surface area contributed by atoms with Crippen LogP contribution in [0.3, 0.4) is 0 Å². The molecule has 1 N–H and O–H groups in total. The normalized spacial score (nSPS) is 22.8. The fourth-order valence-corrected chi connectivity index (χ4v) is 4.82. The third-order valence-corrected chi connectivity index (χ3v) is 6.31. The zero-order valence-corrected chi connectivity index (χ0v) is 18.1. The van der Waals surface area contributed by atoms with Crippen LogP contribution >= 0.6 is 0 Å². The Morgan fingerprint density at radius 1 is 1.10 bits per heavy atom. The summed E-state index contributed by atoms with van der Waals surface area (Å²) in [6.07, 6.45) is 4.77. The maximum Gasteiger partial charge on any atom is 0.255 e. The summed E-state index contributed by atoms with van der Waals surface area (Å²) >= 11 is 0. The van der Waals surface area contributed by atoms with Crippen LogP contribution in [0.15, 0.2) is 36.7 Å². The van der Waals surface area contributed by atoms with E-state index in [9.17, 15) is 9.90 Å². The fraction of sp³-hybridized carbons (Fsp3) is 0.522. The maximum atomic E-state index is 13.2. The van der Waals surface area contributed by atoms with E-state index in [-0.39, 0.29) is 23.8 Å². The highest BCUT2D eigenvalue weighted by atomic mass is 16.5. The van der Waals surface area contributed by atoms with Gasteiger partial charge in [0.25, 0.3) is 5.91 Å². The molecule has 0 aliphatic carbocycles. The minimum absolute atomic E-state index is 0.111. The number of hydrogen-bond acceptors (Lipinski definition) is 5. The van der Waals surface area contributed by atoms with E-state index in [4.69, 9.17) is 4.74 Å². The summed E-state index contributed by atoms with van der Waals surface area (Å²) in [6.45, 7) is 7.17. The molecular formula is C23H32N4O3. The summed E-state index contributed by atoms with van der Waals surface area (Å²) in [5.74, 6) is 0.401. The average Bonchev–Trinajstić information content (AvgIpc) is 3.10. The van der Waals surface area contributed by atoms with Crippen molar-refractivity contribution in [2.24, 2.45) is 7.05 Å². The molecule has 0 spiro atoms. The Morgan fingerprint density at radius 3 is 2.43 bits per heavy atom. The Bertz CT molecular complexity index is 871. The molecule has 162 valence electrons. The number of piperazine rings is 1. The third-order valence-electron chi connectivity index (χ3n) is 6.31. The number of anilines is 1. The zero-order chi connectivity index (χ0) is 21.3. The monoisotopic (exact) mass is 412 g/mol. The number of aromatic hydroxyl groups is 1. The first kappa shape index (κ1) is 20.8. The van der Waals surface area contributed by atoms with Crippen LogP contribution in [-0.2, 0) is 11.8 Å². The predicted octanol–water partition coefficient (Wildman–Crippen LogP) is 2.47. The van der Waals surface area contributed by atoms with E-state index in [2.05, 4.69) is 16.7 Å². The molecule has 30 heavy (non-hydrogen) atoms. The van der Waals surface area contributed by atoms with E-state index in [0.717, 1.165) is 56.0 Å². The summed E-state index contributed by atoms with van der Waals surface area (Å²) in [5, 5.41) is 9.55. The second kappa shape index (κ2) is 8.70. The lowest BCUT2D eigenvalue weighted by molar-refractivity contribution is 0.000217. The molecule has 7 heteroatoms. The van der Waals surface area contributed by atoms with E-state index < -0.39 is 0 Å². The third kappa shape index (κ3) is 3.91. The minimum Gasteiger partial charge on any atom is -0.508 e. The Balaban J connectivity index is 1.56. The number of ether oxygens (including phenoxy) is 1. The number of methoxy groups -OCH3 is 1. The smallest absolute Gasteiger partial charge is 0.255 e. The standard InChI is InChI=1S/C23H32N4O3/c1-4-9-27-16-21(22(30-3)19-14-24(2)15-20(19)23(27)29)26-12-10-25(11-13-26)17-5-7-18(28)8-6-17/h5-8,14-15,21-22,28H,4,9-13,16H2,1-3H3. The van der Waals surface area contributed by atoms with Gasteiger partial charge in [0.1, 0.15) is 11.9 Å². The molecule has 1 saturated heterocycles. The van der Waals surface area contributed by atoms with Crippen LogP contribution in [0.5, 0.6) is 5.75 Å². The van der Waals surface area contributed by atoms with Crippen molar-refractivity contribution >= 4 is 11.6 Å². The number of aromatic nitrogens is 1. The van der Waals surface area contributed by atoms with Gasteiger partial charge in [0.05, 0.1) is 11.6 Å². The molecule has 7 nitrogen and oxygen atoms in total. The molecule has 1 aromatic carbocycles. The lowest BCUT2D eigenvalue weighted by Crippen LogP contribution is -2.55. The van der Waals surface area contributed by atoms with Gasteiger partial charge in [-0.25, -0.2) is 0 Å². The van der Waals surface area contributed by atoms with Crippen molar-refractivity contribution in [3.63, 3.8) is 0 Å². The first-order chi connectivity index (χ1) is 14.5. The van der Waals surface area contributed by atoms with Crippen LogP contribution in [0, 0.1) is 0 Å². The second-order valence-electron chi connectivity index (χ2n) is 8.31. The van der Waals surface area contributed by atoms with Gasteiger partial charge in [0.2, 0.25) is 0 Å². The molecule has 2 atom stereocenters. The van der Waals surface area contributed by atoms with Crippen molar-refractivity contribution in [1.29, 1.82) is 0 Å². The number of amides is 1. The topological polar surface area (TPSA) is 61.2 Å². The molecule has 3 heterocycles. The molecule has 2 aliphatic rings.